The van der Waals surface area contributed by atoms with Crippen LogP contribution in [0.3, 0.4) is 0 Å². The van der Waals surface area contributed by atoms with E-state index in [-0.39, 0.29) is 18.9 Å². The second kappa shape index (κ2) is 8.67. The topological polar surface area (TPSA) is 82.6 Å². The van der Waals surface area contributed by atoms with Crippen LogP contribution in [0, 0.1) is 0 Å². The minimum atomic E-state index is -4.64. The van der Waals surface area contributed by atoms with Crippen LogP contribution in [0.1, 0.15) is 12.0 Å². The number of alkyl halides is 3. The Bertz CT molecular complexity index is 941. The lowest BCUT2D eigenvalue weighted by Gasteiger charge is -2.34. The standard InChI is InChI=1S/C17H19F3N4O3S2/c18-17(19,20)13-2-1-3-14(12-13)29(26,27)22-5-4-15(25)23-7-9-24(10-8-23)16-21-6-11-28-16/h1-3,6,11-12,22H,4-5,7-10H2. The van der Waals surface area contributed by atoms with Crippen LogP contribution in [0.2, 0.25) is 0 Å². The molecule has 1 aliphatic rings. The van der Waals surface area contributed by atoms with Crippen LogP contribution in [0.15, 0.2) is 40.7 Å². The van der Waals surface area contributed by atoms with E-state index in [2.05, 4.69) is 14.6 Å². The fourth-order valence-corrected chi connectivity index (χ4v) is 4.67. The van der Waals surface area contributed by atoms with Gasteiger partial charge in [-0.15, -0.1) is 11.3 Å². The number of anilines is 1. The minimum absolute atomic E-state index is 0.0740. The van der Waals surface area contributed by atoms with Crippen LogP contribution >= 0.6 is 11.3 Å². The maximum atomic E-state index is 12.8. The summed E-state index contributed by atoms with van der Waals surface area (Å²) in [4.78, 5) is 19.8. The molecule has 1 saturated heterocycles. The molecule has 0 spiro atoms. The number of nitrogens with one attached hydrogen (secondary N) is 1. The van der Waals surface area contributed by atoms with E-state index >= 15 is 0 Å². The van der Waals surface area contributed by atoms with Gasteiger partial charge in [0.15, 0.2) is 5.13 Å². The van der Waals surface area contributed by atoms with Crippen molar-refractivity contribution in [3.05, 3.63) is 41.4 Å². The Morgan fingerprint density at radius 1 is 1.21 bits per heavy atom. The number of hydrogen-bond donors (Lipinski definition) is 1. The Balaban J connectivity index is 1.50. The second-order valence-corrected chi connectivity index (χ2v) is 9.00. The molecule has 0 atom stereocenters. The van der Waals surface area contributed by atoms with Gasteiger partial charge in [0.2, 0.25) is 15.9 Å². The van der Waals surface area contributed by atoms with Crippen molar-refractivity contribution in [3.63, 3.8) is 0 Å². The predicted molar refractivity (Wildman–Crippen MR) is 102 cm³/mol. The average Bonchev–Trinajstić information content (AvgIpc) is 3.22. The highest BCUT2D eigenvalue weighted by Crippen LogP contribution is 2.30. The van der Waals surface area contributed by atoms with Gasteiger partial charge >= 0.3 is 6.18 Å². The van der Waals surface area contributed by atoms with E-state index in [9.17, 15) is 26.4 Å². The Labute approximate surface area is 170 Å². The summed E-state index contributed by atoms with van der Waals surface area (Å²) in [6.07, 6.45) is -2.99. The fourth-order valence-electron chi connectivity index (χ4n) is 2.89. The number of sulfonamides is 1. The molecular weight excluding hydrogens is 429 g/mol. The molecule has 0 saturated carbocycles. The third-order valence-electron chi connectivity index (χ3n) is 4.42. The molecule has 7 nitrogen and oxygen atoms in total. The van der Waals surface area contributed by atoms with E-state index < -0.39 is 26.7 Å². The van der Waals surface area contributed by atoms with Crippen molar-refractivity contribution in [1.29, 1.82) is 0 Å². The maximum absolute atomic E-state index is 12.8. The van der Waals surface area contributed by atoms with Crippen LogP contribution < -0.4 is 9.62 Å². The number of aromatic nitrogens is 1. The van der Waals surface area contributed by atoms with Crippen molar-refractivity contribution in [1.82, 2.24) is 14.6 Å². The van der Waals surface area contributed by atoms with Gasteiger partial charge in [0.05, 0.1) is 10.5 Å². The molecule has 2 heterocycles. The van der Waals surface area contributed by atoms with E-state index in [1.54, 1.807) is 11.1 Å². The van der Waals surface area contributed by atoms with Crippen LogP contribution in [-0.2, 0) is 21.0 Å². The van der Waals surface area contributed by atoms with Gasteiger partial charge in [-0.2, -0.15) is 13.2 Å². The van der Waals surface area contributed by atoms with Crippen molar-refractivity contribution in [2.24, 2.45) is 0 Å². The van der Waals surface area contributed by atoms with Gasteiger partial charge in [-0.05, 0) is 18.2 Å². The van der Waals surface area contributed by atoms with E-state index in [1.165, 1.54) is 11.3 Å². The molecule has 1 aromatic carbocycles. The molecule has 29 heavy (non-hydrogen) atoms. The molecule has 158 valence electrons. The number of halogens is 3. The minimum Gasteiger partial charge on any atom is -0.345 e. The number of rotatable bonds is 6. The van der Waals surface area contributed by atoms with Gasteiger partial charge in [-0.3, -0.25) is 4.79 Å². The molecule has 0 radical (unpaired) electrons. The zero-order valence-corrected chi connectivity index (χ0v) is 16.9. The molecule has 0 unspecified atom stereocenters. The number of benzene rings is 1. The monoisotopic (exact) mass is 448 g/mol. The lowest BCUT2D eigenvalue weighted by Crippen LogP contribution is -2.49. The summed E-state index contributed by atoms with van der Waals surface area (Å²) >= 11 is 1.52. The molecular formula is C17H19F3N4O3S2. The van der Waals surface area contributed by atoms with Crippen molar-refractivity contribution in [3.8, 4) is 0 Å². The number of carbonyl (C=O) groups is 1. The largest absolute Gasteiger partial charge is 0.416 e. The molecule has 2 aromatic rings. The van der Waals surface area contributed by atoms with Crippen LogP contribution in [0.5, 0.6) is 0 Å². The molecule has 3 rings (SSSR count). The highest BCUT2D eigenvalue weighted by atomic mass is 32.2. The molecule has 1 N–H and O–H groups in total. The first-order chi connectivity index (χ1) is 13.7. The molecule has 12 heteroatoms. The highest BCUT2D eigenvalue weighted by molar-refractivity contribution is 7.89. The van der Waals surface area contributed by atoms with Crippen LogP contribution in [-0.4, -0.2) is 56.9 Å². The summed E-state index contributed by atoms with van der Waals surface area (Å²) in [7, 11) is -4.14. The Hall–Kier alpha value is -2.18. The number of thiazole rings is 1. The van der Waals surface area contributed by atoms with Crippen LogP contribution in [0.4, 0.5) is 18.3 Å². The maximum Gasteiger partial charge on any atom is 0.416 e. The predicted octanol–water partition coefficient (Wildman–Crippen LogP) is 2.18. The third-order valence-corrected chi connectivity index (χ3v) is 6.72. The summed E-state index contributed by atoms with van der Waals surface area (Å²) in [5, 5.41) is 2.77. The fraction of sp³-hybridized carbons (Fsp3) is 0.412. The summed E-state index contributed by atoms with van der Waals surface area (Å²) in [5.41, 5.74) is -1.05. The van der Waals surface area contributed by atoms with Gasteiger partial charge in [-0.25, -0.2) is 18.1 Å². The number of carbonyl (C=O) groups excluding carboxylic acids is 1. The SMILES string of the molecule is O=C(CCNS(=O)(=O)c1cccc(C(F)(F)F)c1)N1CCN(c2nccs2)CC1. The van der Waals surface area contributed by atoms with Crippen molar-refractivity contribution in [2.45, 2.75) is 17.5 Å². The summed E-state index contributed by atoms with van der Waals surface area (Å²) in [5.74, 6) is -0.212. The Morgan fingerprint density at radius 3 is 2.55 bits per heavy atom. The number of nitrogens with zero attached hydrogens (tertiary/aromatic N) is 3. The zero-order valence-electron chi connectivity index (χ0n) is 15.2. The number of amides is 1. The van der Waals surface area contributed by atoms with Gasteiger partial charge in [0, 0.05) is 50.7 Å². The van der Waals surface area contributed by atoms with E-state index in [0.29, 0.717) is 32.2 Å². The molecule has 1 fully saturated rings. The molecule has 1 aliphatic heterocycles. The molecule has 1 amide bonds. The molecule has 1 aromatic heterocycles. The zero-order chi connectivity index (χ0) is 21.1. The quantitative estimate of drug-likeness (QED) is 0.733. The van der Waals surface area contributed by atoms with Crippen molar-refractivity contribution in [2.75, 3.05) is 37.6 Å². The number of hydrogen-bond acceptors (Lipinski definition) is 6. The molecule has 0 aliphatic carbocycles. The van der Waals surface area contributed by atoms with E-state index in [1.807, 2.05) is 5.38 Å². The van der Waals surface area contributed by atoms with Gasteiger partial charge < -0.3 is 9.80 Å². The molecule has 0 bridgehead atoms. The normalized spacial score (nSPS) is 15.6. The first-order valence-electron chi connectivity index (χ1n) is 8.76. The van der Waals surface area contributed by atoms with E-state index in [4.69, 9.17) is 0 Å². The smallest absolute Gasteiger partial charge is 0.345 e. The van der Waals surface area contributed by atoms with Gasteiger partial charge in [0.25, 0.3) is 0 Å². The lowest BCUT2D eigenvalue weighted by atomic mass is 10.2. The van der Waals surface area contributed by atoms with Crippen molar-refractivity contribution >= 4 is 32.4 Å². The number of piperazine rings is 1. The van der Waals surface area contributed by atoms with E-state index in [0.717, 1.165) is 23.3 Å². The Kier molecular flexibility index (Phi) is 6.44. The Morgan fingerprint density at radius 2 is 1.93 bits per heavy atom. The van der Waals surface area contributed by atoms with Gasteiger partial charge in [-0.1, -0.05) is 6.07 Å². The first-order valence-corrected chi connectivity index (χ1v) is 11.1. The third kappa shape index (κ3) is 5.46. The second-order valence-electron chi connectivity index (χ2n) is 6.36. The highest BCUT2D eigenvalue weighted by Gasteiger charge is 2.31. The summed E-state index contributed by atoms with van der Waals surface area (Å²) < 4.78 is 64.9. The van der Waals surface area contributed by atoms with Crippen LogP contribution in [0.25, 0.3) is 0 Å². The summed E-state index contributed by atoms with van der Waals surface area (Å²) in [6.45, 7) is 2.08. The summed E-state index contributed by atoms with van der Waals surface area (Å²) in [6, 6.07) is 3.48. The lowest BCUT2D eigenvalue weighted by molar-refractivity contribution is -0.137. The first kappa shape index (κ1) is 21.5. The average molecular weight is 448 g/mol. The van der Waals surface area contributed by atoms with Crippen molar-refractivity contribution < 1.29 is 26.4 Å². The van der Waals surface area contributed by atoms with Gasteiger partial charge in [0.1, 0.15) is 0 Å².